The van der Waals surface area contributed by atoms with Crippen LogP contribution in [0, 0.1) is 5.82 Å². The molecule has 86 valence electrons. The van der Waals surface area contributed by atoms with Gasteiger partial charge >= 0.3 is 0 Å². The Morgan fingerprint density at radius 1 is 1.44 bits per heavy atom. The standard InChI is InChI=1S/C13H16FNO/c1-8(2)11-6-3-9(7-12(11)14)13(16)15-10-4-5-10/h3,6-8,10H,4-5H2,1-2H3,(H,15,16). The van der Waals surface area contributed by atoms with E-state index in [1.165, 1.54) is 6.07 Å². The van der Waals surface area contributed by atoms with Gasteiger partial charge in [0.1, 0.15) is 5.82 Å². The van der Waals surface area contributed by atoms with Crippen molar-refractivity contribution in [1.82, 2.24) is 5.32 Å². The van der Waals surface area contributed by atoms with E-state index in [0.717, 1.165) is 12.8 Å². The number of nitrogens with one attached hydrogen (secondary N) is 1. The van der Waals surface area contributed by atoms with Gasteiger partial charge in [-0.15, -0.1) is 0 Å². The first kappa shape index (κ1) is 11.1. The molecule has 16 heavy (non-hydrogen) atoms. The van der Waals surface area contributed by atoms with E-state index in [2.05, 4.69) is 5.32 Å². The number of hydrogen-bond acceptors (Lipinski definition) is 1. The van der Waals surface area contributed by atoms with Gasteiger partial charge in [0.15, 0.2) is 0 Å². The summed E-state index contributed by atoms with van der Waals surface area (Å²) in [6, 6.07) is 5.02. The van der Waals surface area contributed by atoms with Crippen molar-refractivity contribution in [2.24, 2.45) is 0 Å². The van der Waals surface area contributed by atoms with Crippen molar-refractivity contribution in [2.45, 2.75) is 38.6 Å². The molecule has 1 fully saturated rings. The molecule has 2 rings (SSSR count). The van der Waals surface area contributed by atoms with Crippen LogP contribution < -0.4 is 5.32 Å². The largest absolute Gasteiger partial charge is 0.349 e. The van der Waals surface area contributed by atoms with E-state index in [1.54, 1.807) is 12.1 Å². The van der Waals surface area contributed by atoms with Gasteiger partial charge in [-0.2, -0.15) is 0 Å². The summed E-state index contributed by atoms with van der Waals surface area (Å²) in [6.45, 7) is 3.87. The Kier molecular flexibility index (Phi) is 2.95. The number of halogens is 1. The number of amides is 1. The van der Waals surface area contributed by atoms with Gasteiger partial charge in [-0.3, -0.25) is 4.79 Å². The predicted molar refractivity (Wildman–Crippen MR) is 61.0 cm³/mol. The second-order valence-electron chi connectivity index (χ2n) is 4.64. The molecule has 1 aromatic carbocycles. The molecule has 1 aromatic rings. The van der Waals surface area contributed by atoms with Crippen LogP contribution in [0.25, 0.3) is 0 Å². The maximum atomic E-state index is 13.6. The van der Waals surface area contributed by atoms with E-state index in [1.807, 2.05) is 13.8 Å². The summed E-state index contributed by atoms with van der Waals surface area (Å²) < 4.78 is 13.6. The van der Waals surface area contributed by atoms with Crippen molar-refractivity contribution in [3.05, 3.63) is 35.1 Å². The molecule has 1 saturated carbocycles. The highest BCUT2D eigenvalue weighted by molar-refractivity contribution is 5.94. The first-order chi connectivity index (χ1) is 7.58. The maximum absolute atomic E-state index is 13.6. The van der Waals surface area contributed by atoms with Crippen LogP contribution in [0.2, 0.25) is 0 Å². The maximum Gasteiger partial charge on any atom is 0.251 e. The summed E-state index contributed by atoms with van der Waals surface area (Å²) >= 11 is 0. The fourth-order valence-electron chi connectivity index (χ4n) is 1.63. The fourth-order valence-corrected chi connectivity index (χ4v) is 1.63. The highest BCUT2D eigenvalue weighted by Crippen LogP contribution is 2.21. The highest BCUT2D eigenvalue weighted by Gasteiger charge is 2.24. The highest BCUT2D eigenvalue weighted by atomic mass is 19.1. The van der Waals surface area contributed by atoms with E-state index in [4.69, 9.17) is 0 Å². The molecule has 1 aliphatic rings. The molecule has 0 unspecified atom stereocenters. The quantitative estimate of drug-likeness (QED) is 0.835. The summed E-state index contributed by atoms with van der Waals surface area (Å²) in [5, 5.41) is 2.84. The number of hydrogen-bond donors (Lipinski definition) is 1. The Balaban J connectivity index is 2.16. The molecule has 1 N–H and O–H groups in total. The van der Waals surface area contributed by atoms with Crippen molar-refractivity contribution in [3.63, 3.8) is 0 Å². The monoisotopic (exact) mass is 221 g/mol. The average molecular weight is 221 g/mol. The molecule has 0 aromatic heterocycles. The van der Waals surface area contributed by atoms with Gasteiger partial charge in [-0.25, -0.2) is 4.39 Å². The molecule has 1 amide bonds. The van der Waals surface area contributed by atoms with Crippen LogP contribution in [0.5, 0.6) is 0 Å². The van der Waals surface area contributed by atoms with E-state index in [9.17, 15) is 9.18 Å². The lowest BCUT2D eigenvalue weighted by molar-refractivity contribution is 0.0950. The molecule has 0 heterocycles. The van der Waals surface area contributed by atoms with Crippen molar-refractivity contribution in [1.29, 1.82) is 0 Å². The van der Waals surface area contributed by atoms with Crippen LogP contribution in [-0.2, 0) is 0 Å². The van der Waals surface area contributed by atoms with Crippen LogP contribution in [0.1, 0.15) is 48.5 Å². The molecule has 0 saturated heterocycles. The van der Waals surface area contributed by atoms with Gasteiger partial charge in [0, 0.05) is 11.6 Å². The van der Waals surface area contributed by atoms with Crippen molar-refractivity contribution < 1.29 is 9.18 Å². The zero-order chi connectivity index (χ0) is 11.7. The van der Waals surface area contributed by atoms with Gasteiger partial charge in [0.05, 0.1) is 0 Å². The Labute approximate surface area is 94.9 Å². The molecule has 1 aliphatic carbocycles. The van der Waals surface area contributed by atoms with Gasteiger partial charge in [-0.05, 0) is 36.5 Å². The predicted octanol–water partition coefficient (Wildman–Crippen LogP) is 2.84. The van der Waals surface area contributed by atoms with E-state index >= 15 is 0 Å². The summed E-state index contributed by atoms with van der Waals surface area (Å²) in [5.41, 5.74) is 1.07. The second-order valence-corrected chi connectivity index (χ2v) is 4.64. The molecular formula is C13H16FNO. The topological polar surface area (TPSA) is 29.1 Å². The van der Waals surface area contributed by atoms with Crippen LogP contribution in [0.4, 0.5) is 4.39 Å². The number of carbonyl (C=O) groups excluding carboxylic acids is 1. The van der Waals surface area contributed by atoms with Crippen molar-refractivity contribution in [3.8, 4) is 0 Å². The van der Waals surface area contributed by atoms with Gasteiger partial charge in [0.25, 0.3) is 5.91 Å². The lowest BCUT2D eigenvalue weighted by Gasteiger charge is -2.09. The van der Waals surface area contributed by atoms with Crippen molar-refractivity contribution >= 4 is 5.91 Å². The van der Waals surface area contributed by atoms with Gasteiger partial charge in [-0.1, -0.05) is 19.9 Å². The smallest absolute Gasteiger partial charge is 0.251 e. The fraction of sp³-hybridized carbons (Fsp3) is 0.462. The lowest BCUT2D eigenvalue weighted by atomic mass is 10.0. The minimum atomic E-state index is -0.293. The lowest BCUT2D eigenvalue weighted by Crippen LogP contribution is -2.25. The number of benzene rings is 1. The van der Waals surface area contributed by atoms with Crippen LogP contribution in [0.3, 0.4) is 0 Å². The third-order valence-electron chi connectivity index (χ3n) is 2.80. The number of carbonyl (C=O) groups is 1. The Morgan fingerprint density at radius 2 is 2.12 bits per heavy atom. The molecule has 3 heteroatoms. The summed E-state index contributed by atoms with van der Waals surface area (Å²) in [4.78, 5) is 11.7. The SMILES string of the molecule is CC(C)c1ccc(C(=O)NC2CC2)cc1F. The molecule has 0 radical (unpaired) electrons. The van der Waals surface area contributed by atoms with E-state index < -0.39 is 0 Å². The summed E-state index contributed by atoms with van der Waals surface area (Å²) in [6.07, 6.45) is 2.08. The van der Waals surface area contributed by atoms with E-state index in [-0.39, 0.29) is 17.6 Å². The normalized spacial score (nSPS) is 15.2. The first-order valence-electron chi connectivity index (χ1n) is 5.68. The van der Waals surface area contributed by atoms with Gasteiger partial charge in [0.2, 0.25) is 0 Å². The van der Waals surface area contributed by atoms with Crippen LogP contribution in [-0.4, -0.2) is 11.9 Å². The Bertz CT molecular complexity index is 410. The summed E-state index contributed by atoms with van der Waals surface area (Å²) in [5.74, 6) is -0.323. The molecule has 0 atom stereocenters. The molecule has 2 nitrogen and oxygen atoms in total. The minimum Gasteiger partial charge on any atom is -0.349 e. The van der Waals surface area contributed by atoms with Crippen LogP contribution in [0.15, 0.2) is 18.2 Å². The average Bonchev–Trinajstić information content (AvgIpc) is 3.00. The number of rotatable bonds is 3. The summed E-state index contributed by atoms with van der Waals surface area (Å²) in [7, 11) is 0. The minimum absolute atomic E-state index is 0.139. The molecule has 0 spiro atoms. The Morgan fingerprint density at radius 3 is 2.62 bits per heavy atom. The third kappa shape index (κ3) is 2.40. The van der Waals surface area contributed by atoms with Gasteiger partial charge < -0.3 is 5.32 Å². The Hall–Kier alpha value is -1.38. The van der Waals surface area contributed by atoms with Crippen molar-refractivity contribution in [2.75, 3.05) is 0 Å². The first-order valence-corrected chi connectivity index (χ1v) is 5.68. The zero-order valence-corrected chi connectivity index (χ0v) is 9.59. The van der Waals surface area contributed by atoms with Crippen LogP contribution >= 0.6 is 0 Å². The molecule has 0 aliphatic heterocycles. The molecule has 0 bridgehead atoms. The third-order valence-corrected chi connectivity index (χ3v) is 2.80. The zero-order valence-electron chi connectivity index (χ0n) is 9.59. The molecular weight excluding hydrogens is 205 g/mol. The second kappa shape index (κ2) is 4.24. The van der Waals surface area contributed by atoms with E-state index in [0.29, 0.717) is 17.2 Å².